The van der Waals surface area contributed by atoms with E-state index in [0.29, 0.717) is 41.7 Å². The van der Waals surface area contributed by atoms with Crippen LogP contribution in [0.4, 0.5) is 17.6 Å². The van der Waals surface area contributed by atoms with E-state index in [1.54, 1.807) is 12.1 Å². The van der Waals surface area contributed by atoms with Crippen molar-refractivity contribution in [3.63, 3.8) is 0 Å². The second-order valence-electron chi connectivity index (χ2n) is 8.83. The number of rotatable bonds is 9. The van der Waals surface area contributed by atoms with Crippen molar-refractivity contribution in [2.45, 2.75) is 37.9 Å². The molecule has 0 fully saturated rings. The maximum Gasteiger partial charge on any atom is 0.412 e. The molecule has 202 valence electrons. The number of hydrogen-bond donors (Lipinski definition) is 2. The number of benzene rings is 3. The Labute approximate surface area is 225 Å². The monoisotopic (exact) mass is 559 g/mol. The molecule has 39 heavy (non-hydrogen) atoms. The molecule has 4 aromatic rings. The van der Waals surface area contributed by atoms with Gasteiger partial charge in [0.2, 0.25) is 0 Å². The number of halogens is 5. The molecule has 11 heteroatoms. The van der Waals surface area contributed by atoms with Crippen LogP contribution in [0.3, 0.4) is 0 Å². The summed E-state index contributed by atoms with van der Waals surface area (Å²) in [7, 11) is 0. The number of carbonyl (C=O) groups is 2. The van der Waals surface area contributed by atoms with Gasteiger partial charge in [0.05, 0.1) is 22.4 Å². The standard InChI is InChI=1S/C28H22ClF4N3O3/c29-19-10-5-17(6-11-19)26(28(31,32)33)36-27(39)18-9-14-21-23(15-18)34-22(3-1-2-4-24(37)38)25(35-21)16-7-12-20(30)13-8-16/h5-15,26H,1-4H2,(H,36,39)(H,37,38)/t26-/m1/s1. The smallest absolute Gasteiger partial charge is 0.412 e. The van der Waals surface area contributed by atoms with Crippen molar-refractivity contribution in [3.05, 3.63) is 94.4 Å². The van der Waals surface area contributed by atoms with Crippen LogP contribution in [-0.2, 0) is 11.2 Å². The van der Waals surface area contributed by atoms with E-state index in [4.69, 9.17) is 16.7 Å². The summed E-state index contributed by atoms with van der Waals surface area (Å²) in [5.41, 5.74) is 1.99. The Bertz CT molecular complexity index is 1490. The summed E-state index contributed by atoms with van der Waals surface area (Å²) >= 11 is 5.79. The lowest BCUT2D eigenvalue weighted by Gasteiger charge is -2.22. The van der Waals surface area contributed by atoms with Crippen molar-refractivity contribution in [2.24, 2.45) is 0 Å². The van der Waals surface area contributed by atoms with Crippen LogP contribution in [-0.4, -0.2) is 33.1 Å². The molecule has 0 spiro atoms. The van der Waals surface area contributed by atoms with Gasteiger partial charge in [-0.1, -0.05) is 23.7 Å². The maximum absolute atomic E-state index is 13.8. The largest absolute Gasteiger partial charge is 0.481 e. The van der Waals surface area contributed by atoms with Crippen molar-refractivity contribution in [3.8, 4) is 11.3 Å². The van der Waals surface area contributed by atoms with E-state index in [1.165, 1.54) is 54.6 Å². The Morgan fingerprint density at radius 1 is 0.923 bits per heavy atom. The van der Waals surface area contributed by atoms with Crippen LogP contribution < -0.4 is 5.32 Å². The second kappa shape index (κ2) is 11.8. The molecule has 0 aliphatic heterocycles. The van der Waals surface area contributed by atoms with E-state index in [2.05, 4.69) is 9.97 Å². The zero-order chi connectivity index (χ0) is 28.2. The fourth-order valence-corrected chi connectivity index (χ4v) is 4.16. The number of aliphatic carboxylic acids is 1. The number of unbranched alkanes of at least 4 members (excludes halogenated alkanes) is 1. The number of aromatic nitrogens is 2. The summed E-state index contributed by atoms with van der Waals surface area (Å²) in [4.78, 5) is 33.0. The first-order valence-corrected chi connectivity index (χ1v) is 12.3. The molecule has 0 radical (unpaired) electrons. The molecule has 0 bridgehead atoms. The molecule has 1 atom stereocenters. The first kappa shape index (κ1) is 28.0. The van der Waals surface area contributed by atoms with Gasteiger partial charge in [-0.15, -0.1) is 0 Å². The minimum absolute atomic E-state index is 0.0226. The van der Waals surface area contributed by atoms with E-state index in [1.807, 2.05) is 5.32 Å². The van der Waals surface area contributed by atoms with Gasteiger partial charge >= 0.3 is 12.1 Å². The fraction of sp³-hybridized carbons (Fsp3) is 0.214. The highest BCUT2D eigenvalue weighted by atomic mass is 35.5. The molecule has 3 aromatic carbocycles. The van der Waals surface area contributed by atoms with Crippen LogP contribution in [0.15, 0.2) is 66.7 Å². The van der Waals surface area contributed by atoms with E-state index in [9.17, 15) is 27.2 Å². The van der Waals surface area contributed by atoms with Crippen LogP contribution in [0.1, 0.15) is 46.9 Å². The van der Waals surface area contributed by atoms with Gasteiger partial charge in [-0.25, -0.2) is 14.4 Å². The van der Waals surface area contributed by atoms with E-state index in [-0.39, 0.29) is 28.1 Å². The highest BCUT2D eigenvalue weighted by molar-refractivity contribution is 6.30. The van der Waals surface area contributed by atoms with Crippen LogP contribution in [0.2, 0.25) is 5.02 Å². The minimum atomic E-state index is -4.76. The first-order chi connectivity index (χ1) is 18.5. The van der Waals surface area contributed by atoms with Crippen LogP contribution in [0.25, 0.3) is 22.3 Å². The molecule has 0 aliphatic carbocycles. The summed E-state index contributed by atoms with van der Waals surface area (Å²) in [6, 6.07) is 12.6. The van der Waals surface area contributed by atoms with E-state index < -0.39 is 29.9 Å². The number of hydrogen-bond acceptors (Lipinski definition) is 4. The average molecular weight is 560 g/mol. The topological polar surface area (TPSA) is 92.2 Å². The summed E-state index contributed by atoms with van der Waals surface area (Å²) in [5, 5.41) is 11.2. The molecule has 1 heterocycles. The third kappa shape index (κ3) is 7.08. The highest BCUT2D eigenvalue weighted by Gasteiger charge is 2.42. The van der Waals surface area contributed by atoms with Crippen molar-refractivity contribution >= 4 is 34.5 Å². The minimum Gasteiger partial charge on any atom is -0.481 e. The molecule has 2 N–H and O–H groups in total. The van der Waals surface area contributed by atoms with Gasteiger partial charge in [-0.2, -0.15) is 13.2 Å². The van der Waals surface area contributed by atoms with Crippen molar-refractivity contribution in [1.29, 1.82) is 0 Å². The summed E-state index contributed by atoms with van der Waals surface area (Å²) in [6.45, 7) is 0. The lowest BCUT2D eigenvalue weighted by atomic mass is 10.0. The van der Waals surface area contributed by atoms with Gasteiger partial charge < -0.3 is 10.4 Å². The zero-order valence-electron chi connectivity index (χ0n) is 20.3. The molecule has 1 aromatic heterocycles. The number of carbonyl (C=O) groups excluding carboxylic acids is 1. The average Bonchev–Trinajstić information content (AvgIpc) is 2.89. The van der Waals surface area contributed by atoms with Gasteiger partial charge in [0.1, 0.15) is 5.82 Å². The normalized spacial score (nSPS) is 12.3. The van der Waals surface area contributed by atoms with Crippen molar-refractivity contribution in [1.82, 2.24) is 15.3 Å². The van der Waals surface area contributed by atoms with Gasteiger partial charge in [0, 0.05) is 22.6 Å². The van der Waals surface area contributed by atoms with Gasteiger partial charge in [0.15, 0.2) is 6.04 Å². The summed E-state index contributed by atoms with van der Waals surface area (Å²) in [5.74, 6) is -2.31. The van der Waals surface area contributed by atoms with Crippen molar-refractivity contribution < 1.29 is 32.3 Å². The number of fused-ring (bicyclic) bond motifs is 1. The number of carboxylic acid groups (broad SMARTS) is 1. The van der Waals surface area contributed by atoms with Crippen LogP contribution in [0.5, 0.6) is 0 Å². The Balaban J connectivity index is 1.66. The molecule has 1 amide bonds. The first-order valence-electron chi connectivity index (χ1n) is 11.9. The molecular formula is C28H22ClF4N3O3. The number of amides is 1. The molecule has 0 unspecified atom stereocenters. The molecule has 4 rings (SSSR count). The third-order valence-electron chi connectivity index (χ3n) is 5.98. The lowest BCUT2D eigenvalue weighted by molar-refractivity contribution is -0.155. The van der Waals surface area contributed by atoms with Crippen LogP contribution in [0, 0.1) is 5.82 Å². The predicted octanol–water partition coefficient (Wildman–Crippen LogP) is 6.92. The Hall–Kier alpha value is -4.05. The zero-order valence-corrected chi connectivity index (χ0v) is 21.1. The second-order valence-corrected chi connectivity index (χ2v) is 9.27. The maximum atomic E-state index is 13.8. The Morgan fingerprint density at radius 3 is 2.26 bits per heavy atom. The molecule has 6 nitrogen and oxygen atoms in total. The lowest BCUT2D eigenvalue weighted by Crippen LogP contribution is -2.38. The summed E-state index contributed by atoms with van der Waals surface area (Å²) < 4.78 is 54.8. The molecule has 0 saturated carbocycles. The molecule has 0 saturated heterocycles. The third-order valence-corrected chi connectivity index (χ3v) is 6.23. The highest BCUT2D eigenvalue weighted by Crippen LogP contribution is 2.34. The quantitative estimate of drug-likeness (QED) is 0.171. The van der Waals surface area contributed by atoms with Crippen LogP contribution >= 0.6 is 11.6 Å². The fourth-order valence-electron chi connectivity index (χ4n) is 4.04. The predicted molar refractivity (Wildman–Crippen MR) is 138 cm³/mol. The number of alkyl halides is 3. The van der Waals surface area contributed by atoms with E-state index >= 15 is 0 Å². The number of aryl methyl sites for hydroxylation is 1. The van der Waals surface area contributed by atoms with Crippen molar-refractivity contribution in [2.75, 3.05) is 0 Å². The van der Waals surface area contributed by atoms with E-state index in [0.717, 1.165) is 0 Å². The number of nitrogens with one attached hydrogen (secondary N) is 1. The van der Waals surface area contributed by atoms with Gasteiger partial charge in [-0.05, 0) is 79.4 Å². The Morgan fingerprint density at radius 2 is 1.62 bits per heavy atom. The SMILES string of the molecule is O=C(O)CCCCc1nc2cc(C(=O)N[C@H](c3ccc(Cl)cc3)C(F)(F)F)ccc2nc1-c1ccc(F)cc1. The number of nitrogens with zero attached hydrogens (tertiary/aromatic N) is 2. The summed E-state index contributed by atoms with van der Waals surface area (Å²) in [6.07, 6.45) is -3.55. The Kier molecular flexibility index (Phi) is 8.44. The van der Waals surface area contributed by atoms with Gasteiger partial charge in [-0.3, -0.25) is 9.59 Å². The molecule has 0 aliphatic rings. The van der Waals surface area contributed by atoms with Gasteiger partial charge in [0.25, 0.3) is 5.91 Å². The number of carboxylic acids is 1. The molecular weight excluding hydrogens is 538 g/mol.